The van der Waals surface area contributed by atoms with Crippen LogP contribution in [0.15, 0.2) is 17.2 Å². The molecule has 0 spiro atoms. The molecule has 0 aliphatic rings. The van der Waals surface area contributed by atoms with Gasteiger partial charge in [-0.25, -0.2) is 18.1 Å². The number of rotatable bonds is 6. The molecule has 1 rings (SSSR count). The van der Waals surface area contributed by atoms with Gasteiger partial charge in [0.25, 0.3) is 0 Å². The number of hydrogen-bond donors (Lipinski definition) is 1. The Kier molecular flexibility index (Phi) is 6.22. The first kappa shape index (κ1) is 17.7. The van der Waals surface area contributed by atoms with Crippen molar-refractivity contribution in [1.82, 2.24) is 14.6 Å². The van der Waals surface area contributed by atoms with E-state index in [1.54, 1.807) is 0 Å². The van der Waals surface area contributed by atoms with Gasteiger partial charge < -0.3 is 4.90 Å². The smallest absolute Gasteiger partial charge is 0.242 e. The van der Waals surface area contributed by atoms with Gasteiger partial charge in [-0.15, -0.1) is 0 Å². The van der Waals surface area contributed by atoms with Crippen molar-refractivity contribution in [3.8, 4) is 0 Å². The standard InChI is InChI=1S/C12H19Cl2N3O2S/c1-8(2)11(7-17(3)4)16-20(18,19)9-5-10(13)12(14)15-6-9/h5-6,8,11,16H,7H2,1-4H3. The number of aromatic nitrogens is 1. The summed E-state index contributed by atoms with van der Waals surface area (Å²) in [5.74, 6) is 0.155. The fraction of sp³-hybridized carbons (Fsp3) is 0.583. The largest absolute Gasteiger partial charge is 0.308 e. The fourth-order valence-corrected chi connectivity index (χ4v) is 3.28. The summed E-state index contributed by atoms with van der Waals surface area (Å²) in [4.78, 5) is 5.70. The van der Waals surface area contributed by atoms with Crippen LogP contribution in [0.4, 0.5) is 0 Å². The van der Waals surface area contributed by atoms with Crippen molar-refractivity contribution >= 4 is 33.2 Å². The fourth-order valence-electron chi connectivity index (χ4n) is 1.60. The van der Waals surface area contributed by atoms with E-state index in [1.807, 2.05) is 32.8 Å². The predicted octanol–water partition coefficient (Wildman–Crippen LogP) is 2.25. The van der Waals surface area contributed by atoms with Crippen molar-refractivity contribution < 1.29 is 8.42 Å². The Hall–Kier alpha value is -0.400. The highest BCUT2D eigenvalue weighted by Gasteiger charge is 2.23. The van der Waals surface area contributed by atoms with E-state index < -0.39 is 10.0 Å². The summed E-state index contributed by atoms with van der Waals surface area (Å²) < 4.78 is 27.3. The maximum atomic E-state index is 12.3. The minimum atomic E-state index is -3.67. The summed E-state index contributed by atoms with van der Waals surface area (Å²) in [6.07, 6.45) is 1.20. The lowest BCUT2D eigenvalue weighted by Crippen LogP contribution is -2.44. The Morgan fingerprint density at radius 2 is 1.95 bits per heavy atom. The maximum Gasteiger partial charge on any atom is 0.242 e. The summed E-state index contributed by atoms with van der Waals surface area (Å²) >= 11 is 11.5. The van der Waals surface area contributed by atoms with Crippen molar-refractivity contribution in [1.29, 1.82) is 0 Å². The van der Waals surface area contributed by atoms with Gasteiger partial charge in [-0.3, -0.25) is 0 Å². The summed E-state index contributed by atoms with van der Waals surface area (Å²) in [5.41, 5.74) is 0. The molecule has 0 saturated heterocycles. The molecule has 0 fully saturated rings. The highest BCUT2D eigenvalue weighted by Crippen LogP contribution is 2.22. The second-order valence-electron chi connectivity index (χ2n) is 5.18. The lowest BCUT2D eigenvalue weighted by atomic mass is 10.1. The maximum absolute atomic E-state index is 12.3. The number of sulfonamides is 1. The van der Waals surface area contributed by atoms with Crippen LogP contribution in [0.5, 0.6) is 0 Å². The minimum Gasteiger partial charge on any atom is -0.308 e. The highest BCUT2D eigenvalue weighted by molar-refractivity contribution is 7.89. The van der Waals surface area contributed by atoms with Gasteiger partial charge in [-0.1, -0.05) is 37.0 Å². The molecule has 1 atom stereocenters. The van der Waals surface area contributed by atoms with E-state index in [4.69, 9.17) is 23.2 Å². The van der Waals surface area contributed by atoms with Crippen LogP contribution in [-0.4, -0.2) is 45.0 Å². The molecule has 0 saturated carbocycles. The molecule has 0 radical (unpaired) electrons. The SMILES string of the molecule is CC(C)C(CN(C)C)NS(=O)(=O)c1cnc(Cl)c(Cl)c1. The first-order chi connectivity index (χ1) is 9.13. The Balaban J connectivity index is 3.00. The van der Waals surface area contributed by atoms with Gasteiger partial charge in [-0.05, 0) is 26.1 Å². The Labute approximate surface area is 130 Å². The number of pyridine rings is 1. The van der Waals surface area contributed by atoms with Gasteiger partial charge in [0.15, 0.2) is 0 Å². The van der Waals surface area contributed by atoms with Crippen LogP contribution < -0.4 is 4.72 Å². The molecule has 1 heterocycles. The van der Waals surface area contributed by atoms with Gasteiger partial charge in [-0.2, -0.15) is 0 Å². The van der Waals surface area contributed by atoms with Crippen LogP contribution in [0.3, 0.4) is 0 Å². The lowest BCUT2D eigenvalue weighted by Gasteiger charge is -2.25. The van der Waals surface area contributed by atoms with Crippen LogP contribution in [0.1, 0.15) is 13.8 Å². The zero-order valence-electron chi connectivity index (χ0n) is 11.9. The van der Waals surface area contributed by atoms with Gasteiger partial charge in [0.05, 0.1) is 5.02 Å². The predicted molar refractivity (Wildman–Crippen MR) is 81.8 cm³/mol. The zero-order chi connectivity index (χ0) is 15.5. The quantitative estimate of drug-likeness (QED) is 0.807. The molecule has 0 aliphatic heterocycles. The highest BCUT2D eigenvalue weighted by atomic mass is 35.5. The molecule has 0 aromatic carbocycles. The molecule has 20 heavy (non-hydrogen) atoms. The Morgan fingerprint density at radius 3 is 2.40 bits per heavy atom. The third-order valence-electron chi connectivity index (χ3n) is 2.75. The normalized spacial score (nSPS) is 14.0. The lowest BCUT2D eigenvalue weighted by molar-refractivity contribution is 0.314. The van der Waals surface area contributed by atoms with Gasteiger partial charge in [0, 0.05) is 18.8 Å². The van der Waals surface area contributed by atoms with Crippen LogP contribution in [-0.2, 0) is 10.0 Å². The number of halogens is 2. The monoisotopic (exact) mass is 339 g/mol. The summed E-state index contributed by atoms with van der Waals surface area (Å²) in [6.45, 7) is 4.53. The number of hydrogen-bond acceptors (Lipinski definition) is 4. The van der Waals surface area contributed by atoms with Crippen molar-refractivity contribution in [2.75, 3.05) is 20.6 Å². The summed E-state index contributed by atoms with van der Waals surface area (Å²) in [7, 11) is 0.115. The minimum absolute atomic E-state index is 0.0105. The van der Waals surface area contributed by atoms with E-state index in [-0.39, 0.29) is 27.0 Å². The van der Waals surface area contributed by atoms with Crippen molar-refractivity contribution in [2.45, 2.75) is 24.8 Å². The Morgan fingerprint density at radius 1 is 1.35 bits per heavy atom. The molecule has 8 heteroatoms. The number of nitrogens with zero attached hydrogens (tertiary/aromatic N) is 2. The van der Waals surface area contributed by atoms with E-state index in [2.05, 4.69) is 9.71 Å². The molecule has 1 aromatic heterocycles. The second kappa shape index (κ2) is 7.04. The molecule has 1 unspecified atom stereocenters. The second-order valence-corrected chi connectivity index (χ2v) is 7.66. The summed E-state index contributed by atoms with van der Waals surface area (Å²) in [6, 6.07) is 1.09. The van der Waals surface area contributed by atoms with Crippen LogP contribution in [0, 0.1) is 5.92 Å². The molecule has 114 valence electrons. The van der Waals surface area contributed by atoms with Gasteiger partial charge >= 0.3 is 0 Å². The first-order valence-corrected chi connectivity index (χ1v) is 8.35. The molecule has 0 bridgehead atoms. The van der Waals surface area contributed by atoms with Crippen molar-refractivity contribution in [2.24, 2.45) is 5.92 Å². The number of nitrogens with one attached hydrogen (secondary N) is 1. The average Bonchev–Trinajstić information content (AvgIpc) is 2.30. The zero-order valence-corrected chi connectivity index (χ0v) is 14.2. The average molecular weight is 340 g/mol. The van der Waals surface area contributed by atoms with Crippen LogP contribution >= 0.6 is 23.2 Å². The molecule has 5 nitrogen and oxygen atoms in total. The van der Waals surface area contributed by atoms with E-state index in [1.165, 1.54) is 12.3 Å². The van der Waals surface area contributed by atoms with Crippen molar-refractivity contribution in [3.63, 3.8) is 0 Å². The summed E-state index contributed by atoms with van der Waals surface area (Å²) in [5, 5.41) is 0.197. The van der Waals surface area contributed by atoms with E-state index >= 15 is 0 Å². The molecular formula is C12H19Cl2N3O2S. The molecule has 0 aliphatic carbocycles. The third kappa shape index (κ3) is 4.86. The van der Waals surface area contributed by atoms with Gasteiger partial charge in [0.2, 0.25) is 10.0 Å². The van der Waals surface area contributed by atoms with E-state index in [0.717, 1.165) is 0 Å². The third-order valence-corrected chi connectivity index (χ3v) is 4.90. The first-order valence-electron chi connectivity index (χ1n) is 6.11. The number of likely N-dealkylation sites (N-methyl/N-ethyl adjacent to an activating group) is 1. The topological polar surface area (TPSA) is 62.3 Å². The van der Waals surface area contributed by atoms with Crippen LogP contribution in [0.2, 0.25) is 10.2 Å². The molecular weight excluding hydrogens is 321 g/mol. The van der Waals surface area contributed by atoms with Crippen LogP contribution in [0.25, 0.3) is 0 Å². The van der Waals surface area contributed by atoms with Crippen molar-refractivity contribution in [3.05, 3.63) is 22.4 Å². The van der Waals surface area contributed by atoms with Gasteiger partial charge in [0.1, 0.15) is 10.0 Å². The molecule has 1 N–H and O–H groups in total. The molecule has 1 aromatic rings. The van der Waals surface area contributed by atoms with E-state index in [0.29, 0.717) is 6.54 Å². The molecule has 0 amide bonds. The van der Waals surface area contributed by atoms with E-state index in [9.17, 15) is 8.42 Å². The Bertz CT molecular complexity index is 562.